The molecule has 0 atom stereocenters. The van der Waals surface area contributed by atoms with E-state index in [-0.39, 0.29) is 17.3 Å². The van der Waals surface area contributed by atoms with E-state index in [1.54, 1.807) is 67.7 Å². The van der Waals surface area contributed by atoms with Gasteiger partial charge in [0.25, 0.3) is 10.0 Å². The van der Waals surface area contributed by atoms with Gasteiger partial charge in [-0.1, -0.05) is 48.0 Å². The maximum Gasteiger partial charge on any atom is 0.264 e. The Labute approximate surface area is 177 Å². The first-order chi connectivity index (χ1) is 14.3. The minimum atomic E-state index is -4.01. The lowest BCUT2D eigenvalue weighted by molar-refractivity contribution is -0.116. The quantitative estimate of drug-likeness (QED) is 0.578. The Morgan fingerprint density at radius 2 is 1.50 bits per heavy atom. The average Bonchev–Trinajstić information content (AvgIpc) is 2.77. The van der Waals surface area contributed by atoms with Crippen molar-refractivity contribution < 1.29 is 17.9 Å². The molecule has 0 saturated heterocycles. The SMILES string of the molecule is COc1ccccc1N(CC(=O)N(C)c1ccccc1)S(=O)(=O)c1ccc(C)cc1. The van der Waals surface area contributed by atoms with Gasteiger partial charge >= 0.3 is 0 Å². The normalized spacial score (nSPS) is 11.0. The van der Waals surface area contributed by atoms with Crippen molar-refractivity contribution in [3.05, 3.63) is 84.4 Å². The number of amides is 1. The number of aryl methyl sites for hydroxylation is 1. The van der Waals surface area contributed by atoms with Crippen LogP contribution in [0, 0.1) is 6.92 Å². The molecule has 0 radical (unpaired) electrons. The van der Waals surface area contributed by atoms with Crippen molar-refractivity contribution in [2.24, 2.45) is 0 Å². The van der Waals surface area contributed by atoms with Crippen LogP contribution in [0.2, 0.25) is 0 Å². The maximum absolute atomic E-state index is 13.5. The molecule has 0 aliphatic rings. The van der Waals surface area contributed by atoms with Gasteiger partial charge < -0.3 is 9.64 Å². The van der Waals surface area contributed by atoms with Gasteiger partial charge in [0.05, 0.1) is 17.7 Å². The molecule has 0 aliphatic carbocycles. The molecule has 156 valence electrons. The number of hydrogen-bond donors (Lipinski definition) is 0. The number of rotatable bonds is 7. The summed E-state index contributed by atoms with van der Waals surface area (Å²) in [5.74, 6) is -0.00820. The highest BCUT2D eigenvalue weighted by Gasteiger charge is 2.30. The van der Waals surface area contributed by atoms with Crippen LogP contribution in [0.3, 0.4) is 0 Å². The molecule has 0 fully saturated rings. The third-order valence-electron chi connectivity index (χ3n) is 4.76. The second-order valence-electron chi connectivity index (χ2n) is 6.78. The fourth-order valence-electron chi connectivity index (χ4n) is 3.00. The van der Waals surface area contributed by atoms with Crippen molar-refractivity contribution >= 4 is 27.3 Å². The van der Waals surface area contributed by atoms with E-state index in [4.69, 9.17) is 4.74 Å². The first-order valence-electron chi connectivity index (χ1n) is 9.38. The molecule has 0 heterocycles. The van der Waals surface area contributed by atoms with E-state index in [2.05, 4.69) is 0 Å². The first kappa shape index (κ1) is 21.4. The molecule has 0 N–H and O–H groups in total. The number of carbonyl (C=O) groups is 1. The Bertz CT molecular complexity index is 1110. The fraction of sp³-hybridized carbons (Fsp3) is 0.174. The Hall–Kier alpha value is -3.32. The number of para-hydroxylation sites is 3. The maximum atomic E-state index is 13.5. The number of carbonyl (C=O) groups excluding carboxylic acids is 1. The average molecular weight is 425 g/mol. The molecule has 7 heteroatoms. The molecule has 0 saturated carbocycles. The molecular weight excluding hydrogens is 400 g/mol. The van der Waals surface area contributed by atoms with Crippen molar-refractivity contribution in [3.8, 4) is 5.75 Å². The van der Waals surface area contributed by atoms with Gasteiger partial charge in [0, 0.05) is 12.7 Å². The lowest BCUT2D eigenvalue weighted by atomic mass is 10.2. The zero-order valence-electron chi connectivity index (χ0n) is 17.1. The topological polar surface area (TPSA) is 66.9 Å². The van der Waals surface area contributed by atoms with E-state index in [1.807, 2.05) is 25.1 Å². The number of methoxy groups -OCH3 is 1. The lowest BCUT2D eigenvalue weighted by Crippen LogP contribution is -2.42. The van der Waals surface area contributed by atoms with E-state index in [9.17, 15) is 13.2 Å². The van der Waals surface area contributed by atoms with Crippen LogP contribution < -0.4 is 13.9 Å². The predicted octanol–water partition coefficient (Wildman–Crippen LogP) is 3.86. The van der Waals surface area contributed by atoms with Gasteiger partial charge in [-0.25, -0.2) is 8.42 Å². The highest BCUT2D eigenvalue weighted by atomic mass is 32.2. The van der Waals surface area contributed by atoms with Crippen LogP contribution in [0.5, 0.6) is 5.75 Å². The summed E-state index contributed by atoms with van der Waals surface area (Å²) in [6.45, 7) is 1.51. The minimum absolute atomic E-state index is 0.106. The molecule has 0 aliphatic heterocycles. The number of nitrogens with zero attached hydrogens (tertiary/aromatic N) is 2. The summed E-state index contributed by atoms with van der Waals surface area (Å²) < 4.78 is 33.5. The Morgan fingerprint density at radius 1 is 0.900 bits per heavy atom. The van der Waals surface area contributed by atoms with Gasteiger partial charge in [-0.15, -0.1) is 0 Å². The molecule has 0 spiro atoms. The molecule has 3 aromatic rings. The minimum Gasteiger partial charge on any atom is -0.495 e. The Kier molecular flexibility index (Phi) is 6.42. The second-order valence-corrected chi connectivity index (χ2v) is 8.65. The molecular formula is C23H24N2O4S. The van der Waals surface area contributed by atoms with Gasteiger partial charge in [0.2, 0.25) is 5.91 Å². The van der Waals surface area contributed by atoms with E-state index in [0.717, 1.165) is 9.87 Å². The zero-order valence-corrected chi connectivity index (χ0v) is 18.0. The first-order valence-corrected chi connectivity index (χ1v) is 10.8. The molecule has 0 bridgehead atoms. The van der Waals surface area contributed by atoms with E-state index in [0.29, 0.717) is 17.1 Å². The molecule has 0 aromatic heterocycles. The van der Waals surface area contributed by atoms with Crippen LogP contribution in [0.4, 0.5) is 11.4 Å². The molecule has 3 aromatic carbocycles. The van der Waals surface area contributed by atoms with Crippen molar-refractivity contribution in [1.82, 2.24) is 0 Å². The van der Waals surface area contributed by atoms with Gasteiger partial charge in [0.1, 0.15) is 12.3 Å². The molecule has 0 unspecified atom stereocenters. The van der Waals surface area contributed by atoms with Crippen molar-refractivity contribution in [3.63, 3.8) is 0 Å². The lowest BCUT2D eigenvalue weighted by Gasteiger charge is -2.27. The number of likely N-dealkylation sites (N-methyl/N-ethyl adjacent to an activating group) is 1. The number of benzene rings is 3. The van der Waals surface area contributed by atoms with Crippen LogP contribution >= 0.6 is 0 Å². The largest absolute Gasteiger partial charge is 0.495 e. The van der Waals surface area contributed by atoms with Gasteiger partial charge in [-0.3, -0.25) is 9.10 Å². The van der Waals surface area contributed by atoms with Crippen LogP contribution in [-0.4, -0.2) is 35.0 Å². The van der Waals surface area contributed by atoms with Gasteiger partial charge in [-0.2, -0.15) is 0 Å². The number of hydrogen-bond acceptors (Lipinski definition) is 4. The zero-order chi connectivity index (χ0) is 21.7. The monoisotopic (exact) mass is 424 g/mol. The molecule has 1 amide bonds. The summed E-state index contributed by atoms with van der Waals surface area (Å²) in [4.78, 5) is 14.6. The summed E-state index contributed by atoms with van der Waals surface area (Å²) in [5, 5.41) is 0. The van der Waals surface area contributed by atoms with Crippen LogP contribution in [-0.2, 0) is 14.8 Å². The summed E-state index contributed by atoms with van der Waals surface area (Å²) in [5.41, 5.74) is 1.92. The van der Waals surface area contributed by atoms with Crippen LogP contribution in [0.1, 0.15) is 5.56 Å². The highest BCUT2D eigenvalue weighted by Crippen LogP contribution is 2.32. The summed E-state index contributed by atoms with van der Waals surface area (Å²) in [6, 6.07) is 22.4. The van der Waals surface area contributed by atoms with Crippen molar-refractivity contribution in [2.45, 2.75) is 11.8 Å². The fourth-order valence-corrected chi connectivity index (χ4v) is 4.42. The molecule has 3 rings (SSSR count). The standard InChI is InChI=1S/C23H24N2O4S/c1-18-13-15-20(16-14-18)30(27,28)25(21-11-7-8-12-22(21)29-3)17-23(26)24(2)19-9-5-4-6-10-19/h4-16H,17H2,1-3H3. The molecule has 30 heavy (non-hydrogen) atoms. The van der Waals surface area contributed by atoms with Crippen molar-refractivity contribution in [1.29, 1.82) is 0 Å². The van der Waals surface area contributed by atoms with E-state index in [1.165, 1.54) is 12.0 Å². The number of anilines is 2. The summed E-state index contributed by atoms with van der Waals surface area (Å²) >= 11 is 0. The van der Waals surface area contributed by atoms with Crippen LogP contribution in [0.25, 0.3) is 0 Å². The predicted molar refractivity (Wildman–Crippen MR) is 119 cm³/mol. The van der Waals surface area contributed by atoms with Gasteiger partial charge in [0.15, 0.2) is 0 Å². The van der Waals surface area contributed by atoms with E-state index < -0.39 is 10.0 Å². The Morgan fingerprint density at radius 3 is 2.13 bits per heavy atom. The van der Waals surface area contributed by atoms with Gasteiger partial charge in [-0.05, 0) is 43.3 Å². The second kappa shape index (κ2) is 9.00. The number of ether oxygens (including phenoxy) is 1. The van der Waals surface area contributed by atoms with E-state index >= 15 is 0 Å². The summed E-state index contributed by atoms with van der Waals surface area (Å²) in [6.07, 6.45) is 0. The molecule has 6 nitrogen and oxygen atoms in total. The smallest absolute Gasteiger partial charge is 0.264 e. The third kappa shape index (κ3) is 4.46. The number of sulfonamides is 1. The van der Waals surface area contributed by atoms with Crippen LogP contribution in [0.15, 0.2) is 83.8 Å². The Balaban J connectivity index is 2.04. The van der Waals surface area contributed by atoms with Crippen molar-refractivity contribution in [2.75, 3.05) is 29.9 Å². The third-order valence-corrected chi connectivity index (χ3v) is 6.53. The summed E-state index contributed by atoms with van der Waals surface area (Å²) in [7, 11) is -0.921. The highest BCUT2D eigenvalue weighted by molar-refractivity contribution is 7.92.